The summed E-state index contributed by atoms with van der Waals surface area (Å²) < 4.78 is 4.62. The van der Waals surface area contributed by atoms with Gasteiger partial charge in [-0.2, -0.15) is 0 Å². The summed E-state index contributed by atoms with van der Waals surface area (Å²) in [5, 5.41) is 8.47. The number of likely N-dealkylation sites (tertiary alicyclic amines) is 1. The fraction of sp³-hybridized carbons (Fsp3) is 0.750. The third kappa shape index (κ3) is 4.35. The van der Waals surface area contributed by atoms with E-state index >= 15 is 0 Å². The van der Waals surface area contributed by atoms with Gasteiger partial charge in [0.1, 0.15) is 0 Å². The monoisotopic (exact) mass is 257 g/mol. The van der Waals surface area contributed by atoms with Crippen LogP contribution in [0.15, 0.2) is 0 Å². The van der Waals surface area contributed by atoms with Crippen LogP contribution in [0.2, 0.25) is 0 Å². The number of carboxylic acid groups (broad SMARTS) is 1. The molecule has 1 fully saturated rings. The van der Waals surface area contributed by atoms with Crippen molar-refractivity contribution >= 4 is 17.8 Å². The van der Waals surface area contributed by atoms with E-state index in [9.17, 15) is 14.4 Å². The van der Waals surface area contributed by atoms with Crippen LogP contribution >= 0.6 is 0 Å². The Hall–Kier alpha value is -1.59. The van der Waals surface area contributed by atoms with Crippen molar-refractivity contribution in [2.24, 2.45) is 5.92 Å². The van der Waals surface area contributed by atoms with Crippen molar-refractivity contribution in [3.05, 3.63) is 0 Å². The predicted molar refractivity (Wildman–Crippen MR) is 62.8 cm³/mol. The lowest BCUT2D eigenvalue weighted by atomic mass is 10.1. The van der Waals surface area contributed by atoms with E-state index in [1.807, 2.05) is 0 Å². The van der Waals surface area contributed by atoms with Gasteiger partial charge in [0, 0.05) is 25.9 Å². The topological polar surface area (TPSA) is 83.9 Å². The molecule has 18 heavy (non-hydrogen) atoms. The Labute approximate surface area is 106 Å². The molecular formula is C12H19NO5. The molecule has 1 rings (SSSR count). The average molecular weight is 257 g/mol. The summed E-state index contributed by atoms with van der Waals surface area (Å²) in [6.45, 7) is 1.01. The molecule has 1 amide bonds. The summed E-state index contributed by atoms with van der Waals surface area (Å²) in [5.41, 5.74) is 0. The minimum absolute atomic E-state index is 0.0244. The van der Waals surface area contributed by atoms with E-state index in [0.717, 1.165) is 12.8 Å². The number of aliphatic carboxylic acids is 1. The Bertz CT molecular complexity index is 328. The molecule has 0 bridgehead atoms. The van der Waals surface area contributed by atoms with E-state index in [1.165, 1.54) is 7.11 Å². The van der Waals surface area contributed by atoms with Crippen molar-refractivity contribution in [3.63, 3.8) is 0 Å². The van der Waals surface area contributed by atoms with Gasteiger partial charge in [0.05, 0.1) is 13.0 Å². The Morgan fingerprint density at radius 1 is 1.39 bits per heavy atom. The predicted octanol–water partition coefficient (Wildman–Crippen LogP) is 0.653. The van der Waals surface area contributed by atoms with E-state index < -0.39 is 5.97 Å². The highest BCUT2D eigenvalue weighted by Gasteiger charge is 2.34. The first-order valence-electron chi connectivity index (χ1n) is 6.12. The van der Waals surface area contributed by atoms with E-state index in [-0.39, 0.29) is 30.6 Å². The van der Waals surface area contributed by atoms with Crippen LogP contribution in [0.3, 0.4) is 0 Å². The summed E-state index contributed by atoms with van der Waals surface area (Å²) in [4.78, 5) is 34.9. The van der Waals surface area contributed by atoms with Crippen molar-refractivity contribution in [2.45, 2.75) is 32.1 Å². The first kappa shape index (κ1) is 14.5. The number of unbranched alkanes of at least 4 members (excludes halogenated alkanes) is 2. The number of ether oxygens (including phenoxy) is 1. The first-order chi connectivity index (χ1) is 8.54. The number of rotatable bonds is 7. The highest BCUT2D eigenvalue weighted by molar-refractivity contribution is 5.86. The Morgan fingerprint density at radius 2 is 2.11 bits per heavy atom. The van der Waals surface area contributed by atoms with Crippen LogP contribution in [-0.4, -0.2) is 48.1 Å². The second-order valence-electron chi connectivity index (χ2n) is 4.47. The van der Waals surface area contributed by atoms with Gasteiger partial charge in [-0.25, -0.2) is 0 Å². The summed E-state index contributed by atoms with van der Waals surface area (Å²) in [6, 6.07) is 0. The molecule has 1 N–H and O–H groups in total. The molecule has 6 nitrogen and oxygen atoms in total. The number of hydrogen-bond donors (Lipinski definition) is 1. The summed E-state index contributed by atoms with van der Waals surface area (Å²) in [7, 11) is 1.32. The minimum Gasteiger partial charge on any atom is -0.481 e. The van der Waals surface area contributed by atoms with Crippen LogP contribution < -0.4 is 0 Å². The van der Waals surface area contributed by atoms with Gasteiger partial charge in [0.25, 0.3) is 0 Å². The van der Waals surface area contributed by atoms with E-state index in [4.69, 9.17) is 5.11 Å². The van der Waals surface area contributed by atoms with E-state index in [0.29, 0.717) is 19.5 Å². The van der Waals surface area contributed by atoms with Gasteiger partial charge >= 0.3 is 11.9 Å². The number of nitrogens with zero attached hydrogens (tertiary/aromatic N) is 1. The normalized spacial score (nSPS) is 19.1. The van der Waals surface area contributed by atoms with Crippen LogP contribution in [0.1, 0.15) is 32.1 Å². The van der Waals surface area contributed by atoms with Gasteiger partial charge in [-0.15, -0.1) is 0 Å². The van der Waals surface area contributed by atoms with Crippen molar-refractivity contribution in [1.82, 2.24) is 4.90 Å². The largest absolute Gasteiger partial charge is 0.481 e. The first-order valence-corrected chi connectivity index (χ1v) is 6.12. The average Bonchev–Trinajstić information content (AvgIpc) is 2.69. The quantitative estimate of drug-likeness (QED) is 0.535. The zero-order valence-electron chi connectivity index (χ0n) is 10.6. The number of carbonyl (C=O) groups is 3. The zero-order valence-corrected chi connectivity index (χ0v) is 10.6. The van der Waals surface area contributed by atoms with Crippen molar-refractivity contribution < 1.29 is 24.2 Å². The molecule has 1 aliphatic heterocycles. The summed E-state index contributed by atoms with van der Waals surface area (Å²) in [5.74, 6) is -1.50. The van der Waals surface area contributed by atoms with Crippen LogP contribution in [0, 0.1) is 5.92 Å². The standard InChI is InChI=1S/C12H19NO5/c1-18-12(17)9-7-10(14)13(8-9)6-4-2-3-5-11(15)16/h9H,2-8H2,1H3,(H,15,16). The molecule has 1 heterocycles. The van der Waals surface area contributed by atoms with E-state index in [1.54, 1.807) is 4.90 Å². The lowest BCUT2D eigenvalue weighted by Gasteiger charge is -2.15. The van der Waals surface area contributed by atoms with Crippen LogP contribution in [0.5, 0.6) is 0 Å². The fourth-order valence-corrected chi connectivity index (χ4v) is 2.07. The smallest absolute Gasteiger partial charge is 0.310 e. The summed E-state index contributed by atoms with van der Waals surface area (Å²) >= 11 is 0. The lowest BCUT2D eigenvalue weighted by molar-refractivity contribution is -0.145. The highest BCUT2D eigenvalue weighted by Crippen LogP contribution is 2.19. The third-order valence-electron chi connectivity index (χ3n) is 3.07. The van der Waals surface area contributed by atoms with Gasteiger partial charge in [-0.1, -0.05) is 6.42 Å². The molecular weight excluding hydrogens is 238 g/mol. The maximum atomic E-state index is 11.6. The molecule has 0 aromatic heterocycles. The van der Waals surface area contributed by atoms with Crippen molar-refractivity contribution in [3.8, 4) is 0 Å². The molecule has 0 aliphatic carbocycles. The van der Waals surface area contributed by atoms with Crippen molar-refractivity contribution in [2.75, 3.05) is 20.2 Å². The van der Waals surface area contributed by atoms with Crippen LogP contribution in [-0.2, 0) is 19.1 Å². The zero-order chi connectivity index (χ0) is 13.5. The van der Waals surface area contributed by atoms with Gasteiger partial charge in [0.2, 0.25) is 5.91 Å². The second kappa shape index (κ2) is 6.98. The molecule has 6 heteroatoms. The maximum absolute atomic E-state index is 11.6. The SMILES string of the molecule is COC(=O)C1CC(=O)N(CCCCCC(=O)O)C1. The number of carboxylic acids is 1. The molecule has 1 saturated heterocycles. The summed E-state index contributed by atoms with van der Waals surface area (Å²) in [6.07, 6.45) is 2.56. The van der Waals surface area contributed by atoms with Gasteiger partial charge in [-0.05, 0) is 12.8 Å². The number of amides is 1. The van der Waals surface area contributed by atoms with Gasteiger partial charge in [0.15, 0.2) is 0 Å². The molecule has 1 aliphatic rings. The fourth-order valence-electron chi connectivity index (χ4n) is 2.07. The van der Waals surface area contributed by atoms with Crippen LogP contribution in [0.4, 0.5) is 0 Å². The van der Waals surface area contributed by atoms with Gasteiger partial charge in [-0.3, -0.25) is 14.4 Å². The molecule has 1 atom stereocenters. The molecule has 0 spiro atoms. The molecule has 0 radical (unpaired) electrons. The van der Waals surface area contributed by atoms with Crippen LogP contribution in [0.25, 0.3) is 0 Å². The Balaban J connectivity index is 2.21. The number of carbonyl (C=O) groups excluding carboxylic acids is 2. The highest BCUT2D eigenvalue weighted by atomic mass is 16.5. The molecule has 1 unspecified atom stereocenters. The molecule has 102 valence electrons. The van der Waals surface area contributed by atoms with Crippen molar-refractivity contribution in [1.29, 1.82) is 0 Å². The number of methoxy groups -OCH3 is 1. The lowest BCUT2D eigenvalue weighted by Crippen LogP contribution is -2.27. The molecule has 0 saturated carbocycles. The molecule has 0 aromatic rings. The Kier molecular flexibility index (Phi) is 5.61. The van der Waals surface area contributed by atoms with Gasteiger partial charge < -0.3 is 14.7 Å². The molecule has 0 aromatic carbocycles. The number of esters is 1. The maximum Gasteiger partial charge on any atom is 0.310 e. The number of hydrogen-bond acceptors (Lipinski definition) is 4. The second-order valence-corrected chi connectivity index (χ2v) is 4.47. The van der Waals surface area contributed by atoms with E-state index in [2.05, 4.69) is 4.74 Å². The Morgan fingerprint density at radius 3 is 2.72 bits per heavy atom. The minimum atomic E-state index is -0.794. The third-order valence-corrected chi connectivity index (χ3v) is 3.07.